The fourth-order valence-corrected chi connectivity index (χ4v) is 2.31. The van der Waals surface area contributed by atoms with E-state index >= 15 is 0 Å². The number of aromatic nitrogens is 2. The van der Waals surface area contributed by atoms with Crippen LogP contribution in [0.4, 0.5) is 5.82 Å². The summed E-state index contributed by atoms with van der Waals surface area (Å²) in [5.41, 5.74) is 1.34. The number of hydrogen-bond donors (Lipinski definition) is 1. The van der Waals surface area contributed by atoms with Crippen molar-refractivity contribution in [2.45, 2.75) is 19.4 Å². The third-order valence-corrected chi connectivity index (χ3v) is 3.09. The molecule has 1 N–H and O–H groups in total. The first kappa shape index (κ1) is 11.4. The van der Waals surface area contributed by atoms with Gasteiger partial charge in [0.05, 0.1) is 0 Å². The molecule has 2 aromatic heterocycles. The van der Waals surface area contributed by atoms with Crippen molar-refractivity contribution in [3.63, 3.8) is 0 Å². The van der Waals surface area contributed by atoms with Crippen molar-refractivity contribution in [3.05, 3.63) is 39.9 Å². The summed E-state index contributed by atoms with van der Waals surface area (Å²) >= 11 is 7.50. The van der Waals surface area contributed by atoms with Crippen molar-refractivity contribution in [3.8, 4) is 0 Å². The fourth-order valence-electron chi connectivity index (χ4n) is 1.48. The Morgan fingerprint density at radius 2 is 2.38 bits per heavy atom. The lowest BCUT2D eigenvalue weighted by molar-refractivity contribution is 0.786. The minimum Gasteiger partial charge on any atom is -0.367 e. The summed E-state index contributed by atoms with van der Waals surface area (Å²) in [5.74, 6) is 0.766. The van der Waals surface area contributed by atoms with Crippen molar-refractivity contribution < 1.29 is 0 Å². The van der Waals surface area contributed by atoms with Gasteiger partial charge in [0.1, 0.15) is 17.3 Å². The van der Waals surface area contributed by atoms with E-state index in [1.165, 1.54) is 11.9 Å². The summed E-state index contributed by atoms with van der Waals surface area (Å²) in [6.07, 6.45) is 2.44. The Morgan fingerprint density at radius 3 is 3.06 bits per heavy atom. The first-order valence-electron chi connectivity index (χ1n) is 4.99. The molecule has 0 radical (unpaired) electrons. The van der Waals surface area contributed by atoms with E-state index in [9.17, 15) is 0 Å². The molecule has 16 heavy (non-hydrogen) atoms. The van der Waals surface area contributed by atoms with Crippen LogP contribution in [-0.2, 0) is 6.42 Å². The number of anilines is 1. The maximum Gasteiger partial charge on any atom is 0.134 e. The monoisotopic (exact) mass is 253 g/mol. The van der Waals surface area contributed by atoms with Gasteiger partial charge >= 0.3 is 0 Å². The number of hydrogen-bond acceptors (Lipinski definition) is 4. The second-order valence-corrected chi connectivity index (χ2v) is 4.77. The maximum atomic E-state index is 5.78. The van der Waals surface area contributed by atoms with Gasteiger partial charge in [-0.2, -0.15) is 11.3 Å². The van der Waals surface area contributed by atoms with Crippen LogP contribution in [0.2, 0.25) is 5.15 Å². The summed E-state index contributed by atoms with van der Waals surface area (Å²) in [6, 6.07) is 4.18. The van der Waals surface area contributed by atoms with E-state index in [2.05, 4.69) is 39.0 Å². The Labute approximate surface area is 104 Å². The van der Waals surface area contributed by atoms with Gasteiger partial charge in [-0.3, -0.25) is 0 Å². The molecule has 0 aliphatic rings. The van der Waals surface area contributed by atoms with Crippen LogP contribution in [0, 0.1) is 0 Å². The Bertz CT molecular complexity index is 444. The average Bonchev–Trinajstić information content (AvgIpc) is 2.70. The van der Waals surface area contributed by atoms with E-state index in [1.807, 2.05) is 0 Å². The zero-order chi connectivity index (χ0) is 11.4. The van der Waals surface area contributed by atoms with Gasteiger partial charge in [0.15, 0.2) is 0 Å². The summed E-state index contributed by atoms with van der Waals surface area (Å²) in [4.78, 5) is 7.94. The highest BCUT2D eigenvalue weighted by Gasteiger charge is 2.05. The van der Waals surface area contributed by atoms with E-state index in [-0.39, 0.29) is 0 Å². The van der Waals surface area contributed by atoms with Crippen LogP contribution in [-0.4, -0.2) is 16.0 Å². The van der Waals surface area contributed by atoms with Gasteiger partial charge in [0.2, 0.25) is 0 Å². The number of nitrogens with one attached hydrogen (secondary N) is 1. The van der Waals surface area contributed by atoms with Crippen molar-refractivity contribution in [1.29, 1.82) is 0 Å². The molecule has 5 heteroatoms. The van der Waals surface area contributed by atoms with Gasteiger partial charge in [0.25, 0.3) is 0 Å². The normalized spacial score (nSPS) is 12.4. The van der Waals surface area contributed by atoms with E-state index in [0.29, 0.717) is 11.2 Å². The lowest BCUT2D eigenvalue weighted by atomic mass is 10.1. The van der Waals surface area contributed by atoms with Gasteiger partial charge in [0, 0.05) is 12.1 Å². The number of rotatable bonds is 4. The van der Waals surface area contributed by atoms with Gasteiger partial charge in [-0.05, 0) is 35.7 Å². The summed E-state index contributed by atoms with van der Waals surface area (Å²) < 4.78 is 0. The minimum atomic E-state index is 0.320. The summed E-state index contributed by atoms with van der Waals surface area (Å²) in [6.45, 7) is 2.12. The highest BCUT2D eigenvalue weighted by molar-refractivity contribution is 7.07. The smallest absolute Gasteiger partial charge is 0.134 e. The molecule has 2 rings (SSSR count). The molecule has 2 aromatic rings. The lowest BCUT2D eigenvalue weighted by Gasteiger charge is -2.13. The first-order valence-corrected chi connectivity index (χ1v) is 6.31. The van der Waals surface area contributed by atoms with Crippen molar-refractivity contribution in [2.24, 2.45) is 0 Å². The van der Waals surface area contributed by atoms with Gasteiger partial charge in [-0.1, -0.05) is 11.6 Å². The molecule has 2 heterocycles. The predicted octanol–water partition coefficient (Wildman–Crippen LogP) is 3.23. The number of nitrogens with zero attached hydrogens (tertiary/aromatic N) is 2. The molecule has 0 amide bonds. The van der Waals surface area contributed by atoms with Crippen LogP contribution >= 0.6 is 22.9 Å². The molecule has 1 atom stereocenters. The van der Waals surface area contributed by atoms with Crippen molar-refractivity contribution >= 4 is 28.8 Å². The van der Waals surface area contributed by atoms with Crippen molar-refractivity contribution in [2.75, 3.05) is 5.32 Å². The molecule has 0 saturated heterocycles. The molecule has 1 unspecified atom stereocenters. The number of thiophene rings is 1. The van der Waals surface area contributed by atoms with E-state index < -0.39 is 0 Å². The first-order chi connectivity index (χ1) is 7.74. The fraction of sp³-hybridized carbons (Fsp3) is 0.273. The summed E-state index contributed by atoms with van der Waals surface area (Å²) in [7, 11) is 0. The standard InChI is InChI=1S/C11H12ClN3S/c1-8(4-9-2-3-16-6-9)15-11-5-10(12)13-7-14-11/h2-3,5-8H,4H2,1H3,(H,13,14,15). The second kappa shape index (κ2) is 5.27. The molecule has 0 saturated carbocycles. The van der Waals surface area contributed by atoms with Crippen LogP contribution in [0.1, 0.15) is 12.5 Å². The van der Waals surface area contributed by atoms with Crippen LogP contribution in [0.5, 0.6) is 0 Å². The molecular weight excluding hydrogens is 242 g/mol. The van der Waals surface area contributed by atoms with Gasteiger partial charge in [-0.25, -0.2) is 9.97 Å². The minimum absolute atomic E-state index is 0.320. The molecule has 3 nitrogen and oxygen atoms in total. The second-order valence-electron chi connectivity index (χ2n) is 3.61. The molecule has 0 spiro atoms. The summed E-state index contributed by atoms with van der Waals surface area (Å²) in [5, 5.41) is 7.99. The van der Waals surface area contributed by atoms with E-state index in [1.54, 1.807) is 17.4 Å². The van der Waals surface area contributed by atoms with E-state index in [4.69, 9.17) is 11.6 Å². The van der Waals surface area contributed by atoms with Crippen molar-refractivity contribution in [1.82, 2.24) is 9.97 Å². The quantitative estimate of drug-likeness (QED) is 0.850. The SMILES string of the molecule is CC(Cc1ccsc1)Nc1cc(Cl)ncn1. The molecule has 84 valence electrons. The molecular formula is C11H12ClN3S. The Morgan fingerprint density at radius 1 is 1.50 bits per heavy atom. The highest BCUT2D eigenvalue weighted by Crippen LogP contribution is 2.13. The molecule has 0 aliphatic heterocycles. The topological polar surface area (TPSA) is 37.8 Å². The molecule has 0 bridgehead atoms. The van der Waals surface area contributed by atoms with Crippen LogP contribution in [0.25, 0.3) is 0 Å². The maximum absolute atomic E-state index is 5.78. The van der Waals surface area contributed by atoms with Crippen LogP contribution in [0.3, 0.4) is 0 Å². The number of halogens is 1. The van der Waals surface area contributed by atoms with Gasteiger partial charge < -0.3 is 5.32 Å². The average molecular weight is 254 g/mol. The predicted molar refractivity (Wildman–Crippen MR) is 68.1 cm³/mol. The molecule has 0 fully saturated rings. The third kappa shape index (κ3) is 3.18. The van der Waals surface area contributed by atoms with Crippen LogP contribution in [0.15, 0.2) is 29.2 Å². The molecule has 0 aliphatic carbocycles. The van der Waals surface area contributed by atoms with Crippen LogP contribution < -0.4 is 5.32 Å². The zero-order valence-electron chi connectivity index (χ0n) is 8.85. The third-order valence-electron chi connectivity index (χ3n) is 2.15. The lowest BCUT2D eigenvalue weighted by Crippen LogP contribution is -2.18. The Balaban J connectivity index is 1.94. The van der Waals surface area contributed by atoms with Gasteiger partial charge in [-0.15, -0.1) is 0 Å². The Kier molecular flexibility index (Phi) is 3.74. The molecule has 0 aromatic carbocycles. The Hall–Kier alpha value is -1.13. The zero-order valence-corrected chi connectivity index (χ0v) is 10.4. The van der Waals surface area contributed by atoms with E-state index in [0.717, 1.165) is 12.2 Å². The highest BCUT2D eigenvalue weighted by atomic mass is 35.5. The largest absolute Gasteiger partial charge is 0.367 e.